The number of nitrogens with zero attached hydrogens (tertiary/aromatic N) is 1. The Bertz CT molecular complexity index is 501. The summed E-state index contributed by atoms with van der Waals surface area (Å²) in [6.45, 7) is 2.82. The van der Waals surface area contributed by atoms with E-state index >= 15 is 0 Å². The summed E-state index contributed by atoms with van der Waals surface area (Å²) < 4.78 is 1.47. The Morgan fingerprint density at radius 1 is 1.61 bits per heavy atom. The molecule has 0 radical (unpaired) electrons. The van der Waals surface area contributed by atoms with E-state index in [4.69, 9.17) is 0 Å². The fourth-order valence-electron chi connectivity index (χ4n) is 2.21. The molecule has 2 N–H and O–H groups in total. The van der Waals surface area contributed by atoms with Gasteiger partial charge in [-0.2, -0.15) is 0 Å². The van der Waals surface area contributed by atoms with Crippen molar-refractivity contribution in [3.63, 3.8) is 0 Å². The molecule has 0 aromatic carbocycles. The molecule has 1 aliphatic heterocycles. The first-order valence-corrected chi connectivity index (χ1v) is 6.27. The Morgan fingerprint density at radius 3 is 3.06 bits per heavy atom. The second-order valence-corrected chi connectivity index (χ2v) is 4.86. The van der Waals surface area contributed by atoms with Gasteiger partial charge in [-0.3, -0.25) is 9.59 Å². The van der Waals surface area contributed by atoms with E-state index in [2.05, 4.69) is 10.6 Å². The molecule has 5 nitrogen and oxygen atoms in total. The van der Waals surface area contributed by atoms with Crippen LogP contribution < -0.4 is 16.2 Å². The van der Waals surface area contributed by atoms with Crippen molar-refractivity contribution in [2.45, 2.75) is 32.2 Å². The van der Waals surface area contributed by atoms with Crippen LogP contribution in [0.2, 0.25) is 0 Å². The number of rotatable bonds is 3. The Hall–Kier alpha value is -1.62. The summed E-state index contributed by atoms with van der Waals surface area (Å²) in [7, 11) is 1.68. The number of aryl methyl sites for hydroxylation is 2. The lowest BCUT2D eigenvalue weighted by molar-refractivity contribution is -0.116. The van der Waals surface area contributed by atoms with E-state index in [1.54, 1.807) is 13.2 Å². The van der Waals surface area contributed by atoms with Gasteiger partial charge in [-0.15, -0.1) is 0 Å². The Labute approximate surface area is 106 Å². The molecule has 1 saturated heterocycles. The van der Waals surface area contributed by atoms with Gasteiger partial charge < -0.3 is 15.2 Å². The van der Waals surface area contributed by atoms with Crippen molar-refractivity contribution in [3.05, 3.63) is 28.2 Å². The van der Waals surface area contributed by atoms with Crippen LogP contribution in [0.5, 0.6) is 0 Å². The van der Waals surface area contributed by atoms with Crippen molar-refractivity contribution in [2.24, 2.45) is 7.05 Å². The lowest BCUT2D eigenvalue weighted by Gasteiger charge is -2.12. The number of pyridine rings is 1. The summed E-state index contributed by atoms with van der Waals surface area (Å²) in [5.74, 6) is -0.00357. The quantitative estimate of drug-likeness (QED) is 0.832. The molecular weight excluding hydrogens is 230 g/mol. The molecular formula is C13H19N3O2. The summed E-state index contributed by atoms with van der Waals surface area (Å²) in [6, 6.07) is 1.82. The molecule has 1 fully saturated rings. The number of aromatic nitrogens is 1. The van der Waals surface area contributed by atoms with Gasteiger partial charge in [0, 0.05) is 31.8 Å². The first kappa shape index (κ1) is 12.8. The van der Waals surface area contributed by atoms with Gasteiger partial charge in [0.2, 0.25) is 5.91 Å². The van der Waals surface area contributed by atoms with E-state index in [1.807, 2.05) is 6.92 Å². The molecule has 1 unspecified atom stereocenters. The van der Waals surface area contributed by atoms with E-state index in [-0.39, 0.29) is 17.5 Å². The molecule has 0 spiro atoms. The van der Waals surface area contributed by atoms with Crippen molar-refractivity contribution >= 4 is 11.6 Å². The first-order chi connectivity index (χ1) is 8.56. The van der Waals surface area contributed by atoms with Crippen LogP contribution >= 0.6 is 0 Å². The molecule has 1 aliphatic rings. The normalized spacial score (nSPS) is 18.9. The van der Waals surface area contributed by atoms with E-state index in [0.717, 1.165) is 24.9 Å². The molecule has 1 aromatic heterocycles. The van der Waals surface area contributed by atoms with Gasteiger partial charge >= 0.3 is 0 Å². The largest absolute Gasteiger partial charge is 0.325 e. The van der Waals surface area contributed by atoms with Crippen molar-refractivity contribution in [2.75, 3.05) is 11.9 Å². The molecule has 1 atom stereocenters. The third-order valence-corrected chi connectivity index (χ3v) is 3.30. The van der Waals surface area contributed by atoms with Crippen LogP contribution in [0.15, 0.2) is 17.1 Å². The zero-order valence-corrected chi connectivity index (χ0v) is 10.8. The highest BCUT2D eigenvalue weighted by molar-refractivity contribution is 5.91. The minimum atomic E-state index is -0.0667. The van der Waals surface area contributed by atoms with Crippen LogP contribution in [0.3, 0.4) is 0 Å². The SMILES string of the molecule is Cc1cc(=O)n(C)cc1NC(=O)CC1CCCN1. The molecule has 1 amide bonds. The van der Waals surface area contributed by atoms with Gasteiger partial charge in [0.15, 0.2) is 0 Å². The smallest absolute Gasteiger partial charge is 0.250 e. The lowest BCUT2D eigenvalue weighted by atomic mass is 10.1. The van der Waals surface area contributed by atoms with Gasteiger partial charge in [0.25, 0.3) is 5.56 Å². The summed E-state index contributed by atoms with van der Waals surface area (Å²) in [5, 5.41) is 6.16. The maximum absolute atomic E-state index is 11.9. The molecule has 2 heterocycles. The van der Waals surface area contributed by atoms with Crippen LogP contribution in [0.25, 0.3) is 0 Å². The predicted octanol–water partition coefficient (Wildman–Crippen LogP) is 0.774. The van der Waals surface area contributed by atoms with Crippen molar-refractivity contribution < 1.29 is 4.79 Å². The van der Waals surface area contributed by atoms with E-state index < -0.39 is 0 Å². The van der Waals surface area contributed by atoms with Gasteiger partial charge in [0.05, 0.1) is 5.69 Å². The van der Waals surface area contributed by atoms with Crippen LogP contribution in [-0.2, 0) is 11.8 Å². The van der Waals surface area contributed by atoms with Gasteiger partial charge in [-0.05, 0) is 31.9 Å². The van der Waals surface area contributed by atoms with Crippen molar-refractivity contribution in [1.82, 2.24) is 9.88 Å². The molecule has 98 valence electrons. The Balaban J connectivity index is 2.02. The van der Waals surface area contributed by atoms with E-state index in [9.17, 15) is 9.59 Å². The summed E-state index contributed by atoms with van der Waals surface area (Å²) in [5.41, 5.74) is 1.44. The zero-order valence-electron chi connectivity index (χ0n) is 10.8. The summed E-state index contributed by atoms with van der Waals surface area (Å²) in [6.07, 6.45) is 4.34. The third kappa shape index (κ3) is 2.98. The molecule has 18 heavy (non-hydrogen) atoms. The number of nitrogens with one attached hydrogen (secondary N) is 2. The standard InChI is InChI=1S/C13H19N3O2/c1-9-6-13(18)16(2)8-11(9)15-12(17)7-10-4-3-5-14-10/h6,8,10,14H,3-5,7H2,1-2H3,(H,15,17). The molecule has 1 aromatic rings. The minimum absolute atomic E-state index is 0.00357. The predicted molar refractivity (Wildman–Crippen MR) is 70.7 cm³/mol. The Morgan fingerprint density at radius 2 is 2.39 bits per heavy atom. The van der Waals surface area contributed by atoms with E-state index in [0.29, 0.717) is 12.1 Å². The fraction of sp³-hybridized carbons (Fsp3) is 0.538. The van der Waals surface area contributed by atoms with Gasteiger partial charge in [-0.1, -0.05) is 0 Å². The van der Waals surface area contributed by atoms with Crippen LogP contribution in [-0.4, -0.2) is 23.1 Å². The number of anilines is 1. The highest BCUT2D eigenvalue weighted by Gasteiger charge is 2.18. The Kier molecular flexibility index (Phi) is 3.81. The number of hydrogen-bond donors (Lipinski definition) is 2. The van der Waals surface area contributed by atoms with Crippen LogP contribution in [0.4, 0.5) is 5.69 Å². The average molecular weight is 249 g/mol. The molecule has 5 heteroatoms. The van der Waals surface area contributed by atoms with Crippen molar-refractivity contribution in [1.29, 1.82) is 0 Å². The van der Waals surface area contributed by atoms with Gasteiger partial charge in [0.1, 0.15) is 0 Å². The molecule has 0 bridgehead atoms. The van der Waals surface area contributed by atoms with E-state index in [1.165, 1.54) is 10.6 Å². The molecule has 0 aliphatic carbocycles. The second-order valence-electron chi connectivity index (χ2n) is 4.86. The van der Waals surface area contributed by atoms with Crippen molar-refractivity contribution in [3.8, 4) is 0 Å². The lowest BCUT2D eigenvalue weighted by Crippen LogP contribution is -2.28. The zero-order chi connectivity index (χ0) is 13.1. The maximum atomic E-state index is 11.9. The maximum Gasteiger partial charge on any atom is 0.250 e. The average Bonchev–Trinajstić information content (AvgIpc) is 2.78. The number of amides is 1. The highest BCUT2D eigenvalue weighted by atomic mass is 16.1. The minimum Gasteiger partial charge on any atom is -0.325 e. The third-order valence-electron chi connectivity index (χ3n) is 3.30. The van der Waals surface area contributed by atoms with Gasteiger partial charge in [-0.25, -0.2) is 0 Å². The second kappa shape index (κ2) is 5.35. The number of hydrogen-bond acceptors (Lipinski definition) is 3. The summed E-state index contributed by atoms with van der Waals surface area (Å²) in [4.78, 5) is 23.3. The van der Waals surface area contributed by atoms with Crippen LogP contribution in [0.1, 0.15) is 24.8 Å². The topological polar surface area (TPSA) is 63.1 Å². The fourth-order valence-corrected chi connectivity index (χ4v) is 2.21. The monoisotopic (exact) mass is 249 g/mol. The van der Waals surface area contributed by atoms with Crippen LogP contribution in [0, 0.1) is 6.92 Å². The molecule has 0 saturated carbocycles. The highest BCUT2D eigenvalue weighted by Crippen LogP contribution is 2.13. The molecule has 2 rings (SSSR count). The number of carbonyl (C=O) groups excluding carboxylic acids is 1. The number of carbonyl (C=O) groups is 1. The summed E-state index contributed by atoms with van der Waals surface area (Å²) >= 11 is 0. The first-order valence-electron chi connectivity index (χ1n) is 6.27.